The van der Waals surface area contributed by atoms with E-state index in [-0.39, 0.29) is 16.9 Å². The molecule has 1 atom stereocenters. The third kappa shape index (κ3) is 5.64. The summed E-state index contributed by atoms with van der Waals surface area (Å²) >= 11 is 7.44. The average Bonchev–Trinajstić information content (AvgIpc) is 3.38. The van der Waals surface area contributed by atoms with Crippen LogP contribution >= 0.6 is 22.9 Å². The number of ether oxygens (including phenoxy) is 1. The number of carbonyl (C=O) groups is 2. The Morgan fingerprint density at radius 1 is 1.00 bits per heavy atom. The number of nitro benzene ring substituents is 1. The van der Waals surface area contributed by atoms with Gasteiger partial charge in [0.1, 0.15) is 5.69 Å². The van der Waals surface area contributed by atoms with E-state index in [9.17, 15) is 19.7 Å². The molecule has 0 bridgehead atoms. The number of hydrogen-bond acceptors (Lipinski definition) is 7. The third-order valence-corrected chi connectivity index (χ3v) is 7.19. The summed E-state index contributed by atoms with van der Waals surface area (Å²) < 4.78 is 6.39. The van der Waals surface area contributed by atoms with Crippen LogP contribution in [0.1, 0.15) is 27.6 Å². The maximum Gasteiger partial charge on any atom is 0.340 e. The monoisotopic (exact) mass is 557 g/mol. The van der Waals surface area contributed by atoms with Gasteiger partial charge in [0.15, 0.2) is 0 Å². The minimum absolute atomic E-state index is 0.00111. The highest BCUT2D eigenvalue weighted by molar-refractivity contribution is 7.19. The van der Waals surface area contributed by atoms with E-state index >= 15 is 0 Å². The molecule has 5 rings (SSSR count). The first-order valence-electron chi connectivity index (χ1n) is 11.8. The summed E-state index contributed by atoms with van der Waals surface area (Å²) in [5.41, 5.74) is 2.13. The Morgan fingerprint density at radius 3 is 2.46 bits per heavy atom. The van der Waals surface area contributed by atoms with Crippen LogP contribution in [0.15, 0.2) is 91.0 Å². The number of anilines is 1. The Hall–Kier alpha value is -4.60. The Morgan fingerprint density at radius 2 is 1.74 bits per heavy atom. The number of nitrogens with zero attached hydrogens (tertiary/aromatic N) is 2. The van der Waals surface area contributed by atoms with Crippen LogP contribution in [-0.2, 0) is 9.53 Å². The smallest absolute Gasteiger partial charge is 0.340 e. The van der Waals surface area contributed by atoms with E-state index in [0.29, 0.717) is 32.1 Å². The van der Waals surface area contributed by atoms with Crippen molar-refractivity contribution in [2.75, 3.05) is 5.32 Å². The molecule has 0 aliphatic heterocycles. The van der Waals surface area contributed by atoms with Crippen LogP contribution in [0.5, 0.6) is 0 Å². The van der Waals surface area contributed by atoms with E-state index in [1.165, 1.54) is 23.5 Å². The number of pyridine rings is 1. The normalized spacial score (nSPS) is 11.6. The summed E-state index contributed by atoms with van der Waals surface area (Å²) in [5.74, 6) is -1.48. The molecule has 0 fully saturated rings. The number of benzene rings is 3. The molecule has 0 saturated carbocycles. The van der Waals surface area contributed by atoms with Crippen LogP contribution in [-0.4, -0.2) is 21.8 Å². The molecule has 5 aromatic rings. The Balaban J connectivity index is 1.53. The van der Waals surface area contributed by atoms with E-state index in [4.69, 9.17) is 16.3 Å². The molecule has 194 valence electrons. The number of fused-ring (bicyclic) bond motifs is 1. The van der Waals surface area contributed by atoms with Crippen LogP contribution in [0.2, 0.25) is 4.34 Å². The topological polar surface area (TPSA) is 111 Å². The first kappa shape index (κ1) is 26.0. The molecular weight excluding hydrogens is 538 g/mol. The van der Waals surface area contributed by atoms with Gasteiger partial charge in [-0.05, 0) is 42.8 Å². The fourth-order valence-corrected chi connectivity index (χ4v) is 5.09. The predicted molar refractivity (Wildman–Crippen MR) is 151 cm³/mol. The van der Waals surface area contributed by atoms with Crippen molar-refractivity contribution in [3.63, 3.8) is 0 Å². The lowest BCUT2D eigenvalue weighted by atomic mass is 10.1. The second-order valence-corrected chi connectivity index (χ2v) is 10.4. The van der Waals surface area contributed by atoms with E-state index in [1.54, 1.807) is 73.7 Å². The Kier molecular flexibility index (Phi) is 7.36. The molecule has 1 amide bonds. The SMILES string of the molecule is Cc1ccc(NC(=O)[C@H](OC(=O)c2cc(-c3ccc(Cl)s3)nc3ccccc23)c2ccccc2)c([N+](=O)[O-])c1. The minimum Gasteiger partial charge on any atom is -0.444 e. The summed E-state index contributed by atoms with van der Waals surface area (Å²) in [7, 11) is 0. The van der Waals surface area contributed by atoms with Gasteiger partial charge in [0, 0.05) is 17.0 Å². The summed E-state index contributed by atoms with van der Waals surface area (Å²) in [6.07, 6.45) is -1.38. The summed E-state index contributed by atoms with van der Waals surface area (Å²) in [4.78, 5) is 43.5. The van der Waals surface area contributed by atoms with E-state index in [0.717, 1.165) is 4.88 Å². The van der Waals surface area contributed by atoms with Crippen LogP contribution in [0.25, 0.3) is 21.5 Å². The van der Waals surface area contributed by atoms with Gasteiger partial charge in [-0.25, -0.2) is 9.78 Å². The highest BCUT2D eigenvalue weighted by Gasteiger charge is 2.29. The Labute approximate surface area is 232 Å². The second-order valence-electron chi connectivity index (χ2n) is 8.64. The number of amides is 1. The molecule has 10 heteroatoms. The lowest BCUT2D eigenvalue weighted by molar-refractivity contribution is -0.384. The number of aryl methyl sites for hydroxylation is 1. The average molecular weight is 558 g/mol. The standard InChI is InChI=1S/C29H20ClN3O5S/c1-17-11-12-22(24(15-17)33(36)37)32-28(34)27(18-7-3-2-4-8-18)38-29(35)20-16-23(25-13-14-26(30)39-25)31-21-10-6-5-9-19(20)21/h2-16,27H,1H3,(H,32,34)/t27-/m1/s1. The number of nitrogens with one attached hydrogen (secondary N) is 1. The molecule has 3 aromatic carbocycles. The summed E-state index contributed by atoms with van der Waals surface area (Å²) in [6.45, 7) is 1.71. The Bertz CT molecular complexity index is 1720. The zero-order valence-electron chi connectivity index (χ0n) is 20.5. The van der Waals surface area contributed by atoms with Gasteiger partial charge in [-0.3, -0.25) is 14.9 Å². The van der Waals surface area contributed by atoms with E-state index < -0.39 is 22.9 Å². The van der Waals surface area contributed by atoms with Gasteiger partial charge in [-0.15, -0.1) is 11.3 Å². The van der Waals surface area contributed by atoms with Crippen molar-refractivity contribution in [3.8, 4) is 10.6 Å². The molecule has 0 radical (unpaired) electrons. The number of nitro groups is 1. The maximum absolute atomic E-state index is 13.6. The molecule has 39 heavy (non-hydrogen) atoms. The van der Waals surface area contributed by atoms with Crippen molar-refractivity contribution in [1.29, 1.82) is 0 Å². The second kappa shape index (κ2) is 11.0. The molecule has 1 N–H and O–H groups in total. The van der Waals surface area contributed by atoms with E-state index in [1.807, 2.05) is 12.1 Å². The first-order valence-corrected chi connectivity index (χ1v) is 13.0. The summed E-state index contributed by atoms with van der Waals surface area (Å²) in [6, 6.07) is 25.2. The third-order valence-electron chi connectivity index (χ3n) is 5.93. The molecule has 2 heterocycles. The lowest BCUT2D eigenvalue weighted by Crippen LogP contribution is -2.26. The van der Waals surface area contributed by atoms with Crippen LogP contribution in [0, 0.1) is 17.0 Å². The molecule has 0 spiro atoms. The van der Waals surface area contributed by atoms with Gasteiger partial charge in [0.05, 0.1) is 30.9 Å². The van der Waals surface area contributed by atoms with Gasteiger partial charge in [-0.2, -0.15) is 0 Å². The van der Waals surface area contributed by atoms with Crippen molar-refractivity contribution in [3.05, 3.63) is 122 Å². The number of aromatic nitrogens is 1. The van der Waals surface area contributed by atoms with Gasteiger partial charge in [-0.1, -0.05) is 66.2 Å². The number of esters is 1. The quantitative estimate of drug-likeness (QED) is 0.127. The van der Waals surface area contributed by atoms with Crippen molar-refractivity contribution in [1.82, 2.24) is 4.98 Å². The fourth-order valence-electron chi connectivity index (χ4n) is 4.09. The lowest BCUT2D eigenvalue weighted by Gasteiger charge is -2.19. The largest absolute Gasteiger partial charge is 0.444 e. The number of hydrogen-bond donors (Lipinski definition) is 1. The van der Waals surface area contributed by atoms with Crippen molar-refractivity contribution < 1.29 is 19.2 Å². The van der Waals surface area contributed by atoms with Crippen molar-refractivity contribution >= 4 is 57.1 Å². The highest BCUT2D eigenvalue weighted by Crippen LogP contribution is 2.33. The molecule has 0 unspecified atom stereocenters. The molecule has 0 aliphatic rings. The maximum atomic E-state index is 13.6. The zero-order chi connectivity index (χ0) is 27.5. The number of thiophene rings is 1. The first-order chi connectivity index (χ1) is 18.8. The van der Waals surface area contributed by atoms with Crippen LogP contribution < -0.4 is 5.32 Å². The van der Waals surface area contributed by atoms with Crippen LogP contribution in [0.4, 0.5) is 11.4 Å². The number of para-hydroxylation sites is 1. The zero-order valence-corrected chi connectivity index (χ0v) is 22.0. The number of carbonyl (C=O) groups excluding carboxylic acids is 2. The van der Waals surface area contributed by atoms with E-state index in [2.05, 4.69) is 10.3 Å². The predicted octanol–water partition coefficient (Wildman–Crippen LogP) is 7.37. The molecule has 0 saturated heterocycles. The van der Waals surface area contributed by atoms with Crippen molar-refractivity contribution in [2.24, 2.45) is 0 Å². The molecule has 8 nitrogen and oxygen atoms in total. The number of halogens is 1. The van der Waals surface area contributed by atoms with Crippen molar-refractivity contribution in [2.45, 2.75) is 13.0 Å². The summed E-state index contributed by atoms with van der Waals surface area (Å²) in [5, 5.41) is 14.7. The molecule has 0 aliphatic carbocycles. The minimum atomic E-state index is -1.38. The van der Waals surface area contributed by atoms with Gasteiger partial charge in [0.25, 0.3) is 11.6 Å². The molecule has 2 aromatic heterocycles. The van der Waals surface area contributed by atoms with Gasteiger partial charge >= 0.3 is 5.97 Å². The number of rotatable bonds is 7. The van der Waals surface area contributed by atoms with Gasteiger partial charge in [0.2, 0.25) is 6.10 Å². The van der Waals surface area contributed by atoms with Crippen LogP contribution in [0.3, 0.4) is 0 Å². The molecular formula is C29H20ClN3O5S. The fraction of sp³-hybridized carbons (Fsp3) is 0.0690. The van der Waals surface area contributed by atoms with Gasteiger partial charge < -0.3 is 10.1 Å². The highest BCUT2D eigenvalue weighted by atomic mass is 35.5.